The van der Waals surface area contributed by atoms with Crippen LogP contribution in [0.4, 0.5) is 0 Å². The largest absolute Gasteiger partial charge is 0.394 e. The summed E-state index contributed by atoms with van der Waals surface area (Å²) in [6.45, 7) is 2.33. The van der Waals surface area contributed by atoms with Gasteiger partial charge in [0, 0.05) is 20.1 Å². The Kier molecular flexibility index (Phi) is 16.2. The standard InChI is InChI=1S/C23H45NO7/c1-18(26)24-15-13-11-9-7-5-3-2-4-6-8-10-12-14-16-30-23-22(29)21(28)20(27)19(17-25)31-23/h19-23,25,27-29H,2-17H2,1H3,(H,24,26)/t19-,20-,21+,22-,23-/m1/s1. The lowest BCUT2D eigenvalue weighted by atomic mass is 9.99. The number of carbonyl (C=O) groups excluding carboxylic acids is 1. The molecule has 1 aliphatic heterocycles. The van der Waals surface area contributed by atoms with Crippen LogP contribution in [0.15, 0.2) is 0 Å². The van der Waals surface area contributed by atoms with Crippen molar-refractivity contribution in [1.82, 2.24) is 5.32 Å². The molecule has 184 valence electrons. The van der Waals surface area contributed by atoms with Crippen LogP contribution in [0.1, 0.15) is 90.4 Å². The molecule has 1 rings (SSSR count). The summed E-state index contributed by atoms with van der Waals surface area (Å²) in [5, 5.41) is 41.4. The first-order chi connectivity index (χ1) is 15.0. The average Bonchev–Trinajstić information content (AvgIpc) is 2.75. The van der Waals surface area contributed by atoms with Gasteiger partial charge >= 0.3 is 0 Å². The van der Waals surface area contributed by atoms with E-state index in [1.54, 1.807) is 6.92 Å². The van der Waals surface area contributed by atoms with Gasteiger partial charge in [0.25, 0.3) is 0 Å². The van der Waals surface area contributed by atoms with Crippen LogP contribution in [0.25, 0.3) is 0 Å². The molecule has 31 heavy (non-hydrogen) atoms. The van der Waals surface area contributed by atoms with Crippen molar-refractivity contribution in [2.45, 2.75) is 121 Å². The first-order valence-electron chi connectivity index (χ1n) is 12.1. The molecular formula is C23H45NO7. The van der Waals surface area contributed by atoms with Crippen molar-refractivity contribution in [3.05, 3.63) is 0 Å². The highest BCUT2D eigenvalue weighted by atomic mass is 16.7. The van der Waals surface area contributed by atoms with E-state index in [0.717, 1.165) is 32.2 Å². The van der Waals surface area contributed by atoms with Crippen molar-refractivity contribution in [2.24, 2.45) is 0 Å². The maximum atomic E-state index is 10.7. The van der Waals surface area contributed by atoms with Gasteiger partial charge in [-0.15, -0.1) is 0 Å². The van der Waals surface area contributed by atoms with Gasteiger partial charge in [0.05, 0.1) is 6.61 Å². The normalized spacial score (nSPS) is 26.2. The Morgan fingerprint density at radius 2 is 1.26 bits per heavy atom. The molecule has 5 N–H and O–H groups in total. The molecule has 1 saturated heterocycles. The fraction of sp³-hybridized carbons (Fsp3) is 0.957. The molecule has 0 spiro atoms. The summed E-state index contributed by atoms with van der Waals surface area (Å²) in [5.41, 5.74) is 0. The monoisotopic (exact) mass is 447 g/mol. The van der Waals surface area contributed by atoms with E-state index in [-0.39, 0.29) is 5.91 Å². The zero-order chi connectivity index (χ0) is 22.9. The lowest BCUT2D eigenvalue weighted by Gasteiger charge is -2.39. The van der Waals surface area contributed by atoms with Crippen LogP contribution < -0.4 is 5.32 Å². The molecule has 1 heterocycles. The van der Waals surface area contributed by atoms with Crippen molar-refractivity contribution in [2.75, 3.05) is 19.8 Å². The number of hydrogen-bond acceptors (Lipinski definition) is 7. The minimum absolute atomic E-state index is 0.0569. The summed E-state index contributed by atoms with van der Waals surface area (Å²) in [5.74, 6) is 0.0569. The highest BCUT2D eigenvalue weighted by Crippen LogP contribution is 2.22. The van der Waals surface area contributed by atoms with Crippen molar-refractivity contribution < 1.29 is 34.7 Å². The third-order valence-electron chi connectivity index (χ3n) is 5.83. The maximum Gasteiger partial charge on any atom is 0.216 e. The Hall–Kier alpha value is -0.770. The van der Waals surface area contributed by atoms with E-state index in [9.17, 15) is 20.1 Å². The van der Waals surface area contributed by atoms with Gasteiger partial charge in [0.2, 0.25) is 5.91 Å². The van der Waals surface area contributed by atoms with E-state index in [1.807, 2.05) is 0 Å². The quantitative estimate of drug-likeness (QED) is 0.203. The van der Waals surface area contributed by atoms with E-state index in [0.29, 0.717) is 6.61 Å². The van der Waals surface area contributed by atoms with Crippen molar-refractivity contribution >= 4 is 5.91 Å². The van der Waals surface area contributed by atoms with Crippen LogP contribution in [-0.4, -0.2) is 76.8 Å². The molecular weight excluding hydrogens is 402 g/mol. The molecule has 0 unspecified atom stereocenters. The van der Waals surface area contributed by atoms with E-state index >= 15 is 0 Å². The van der Waals surface area contributed by atoms with Gasteiger partial charge in [0.1, 0.15) is 24.4 Å². The Morgan fingerprint density at radius 3 is 1.74 bits per heavy atom. The zero-order valence-corrected chi connectivity index (χ0v) is 19.2. The van der Waals surface area contributed by atoms with E-state index in [1.165, 1.54) is 57.8 Å². The number of ether oxygens (including phenoxy) is 2. The van der Waals surface area contributed by atoms with Crippen LogP contribution in [0.5, 0.6) is 0 Å². The topological polar surface area (TPSA) is 128 Å². The molecule has 5 atom stereocenters. The molecule has 0 aliphatic carbocycles. The minimum Gasteiger partial charge on any atom is -0.394 e. The summed E-state index contributed by atoms with van der Waals surface area (Å²) in [6.07, 6.45) is 9.50. The summed E-state index contributed by atoms with van der Waals surface area (Å²) in [4.78, 5) is 10.7. The van der Waals surface area contributed by atoms with E-state index in [4.69, 9.17) is 14.6 Å². The Bertz CT molecular complexity index is 450. The van der Waals surface area contributed by atoms with Gasteiger partial charge < -0.3 is 35.2 Å². The number of rotatable bonds is 18. The van der Waals surface area contributed by atoms with Gasteiger partial charge in [-0.05, 0) is 12.8 Å². The second-order valence-electron chi connectivity index (χ2n) is 8.65. The van der Waals surface area contributed by atoms with Crippen molar-refractivity contribution in [3.8, 4) is 0 Å². The number of unbranched alkanes of at least 4 members (excludes halogenated alkanes) is 12. The Balaban J connectivity index is 1.85. The first-order valence-corrected chi connectivity index (χ1v) is 12.1. The molecule has 0 bridgehead atoms. The Morgan fingerprint density at radius 1 is 0.774 bits per heavy atom. The summed E-state index contributed by atoms with van der Waals surface area (Å²) < 4.78 is 10.8. The molecule has 0 aromatic carbocycles. The predicted molar refractivity (Wildman–Crippen MR) is 118 cm³/mol. The smallest absolute Gasteiger partial charge is 0.216 e. The third-order valence-corrected chi connectivity index (χ3v) is 5.83. The number of hydrogen-bond donors (Lipinski definition) is 5. The van der Waals surface area contributed by atoms with Gasteiger partial charge in [-0.2, -0.15) is 0 Å². The fourth-order valence-electron chi connectivity index (χ4n) is 3.84. The number of aliphatic hydroxyl groups excluding tert-OH is 4. The summed E-state index contributed by atoms with van der Waals surface area (Å²) in [7, 11) is 0. The third kappa shape index (κ3) is 12.7. The number of aliphatic hydroxyl groups is 4. The van der Waals surface area contributed by atoms with Gasteiger partial charge in [-0.3, -0.25) is 4.79 Å². The second kappa shape index (κ2) is 17.7. The molecule has 8 heteroatoms. The van der Waals surface area contributed by atoms with Crippen LogP contribution in [-0.2, 0) is 14.3 Å². The van der Waals surface area contributed by atoms with Crippen molar-refractivity contribution in [3.63, 3.8) is 0 Å². The van der Waals surface area contributed by atoms with Crippen LogP contribution in [0, 0.1) is 0 Å². The molecule has 0 aromatic rings. The Labute approximate surface area is 187 Å². The number of amides is 1. The lowest BCUT2D eigenvalue weighted by molar-refractivity contribution is -0.301. The highest BCUT2D eigenvalue weighted by molar-refractivity contribution is 5.72. The average molecular weight is 448 g/mol. The lowest BCUT2D eigenvalue weighted by Crippen LogP contribution is -2.59. The molecule has 1 fully saturated rings. The summed E-state index contributed by atoms with van der Waals surface area (Å²) in [6, 6.07) is 0. The minimum atomic E-state index is -1.38. The molecule has 8 nitrogen and oxygen atoms in total. The maximum absolute atomic E-state index is 10.7. The van der Waals surface area contributed by atoms with Crippen LogP contribution in [0.3, 0.4) is 0 Å². The number of nitrogens with one attached hydrogen (secondary N) is 1. The van der Waals surface area contributed by atoms with Crippen LogP contribution in [0.2, 0.25) is 0 Å². The molecule has 0 saturated carbocycles. The number of carbonyl (C=O) groups is 1. The van der Waals surface area contributed by atoms with Crippen molar-refractivity contribution in [1.29, 1.82) is 0 Å². The van der Waals surface area contributed by atoms with Gasteiger partial charge in [0.15, 0.2) is 6.29 Å². The van der Waals surface area contributed by atoms with Gasteiger partial charge in [-0.25, -0.2) is 0 Å². The molecule has 1 amide bonds. The zero-order valence-electron chi connectivity index (χ0n) is 19.2. The molecule has 0 radical (unpaired) electrons. The first kappa shape index (κ1) is 28.3. The second-order valence-corrected chi connectivity index (χ2v) is 8.65. The van der Waals surface area contributed by atoms with E-state index in [2.05, 4.69) is 5.32 Å². The highest BCUT2D eigenvalue weighted by Gasteiger charge is 2.43. The SMILES string of the molecule is CC(=O)NCCCCCCCCCCCCCCCO[C@@H]1O[C@H](CO)[C@@H](O)[C@H](O)[C@H]1O. The molecule has 0 aromatic heterocycles. The van der Waals surface area contributed by atoms with E-state index < -0.39 is 37.3 Å². The van der Waals surface area contributed by atoms with Gasteiger partial charge in [-0.1, -0.05) is 70.6 Å². The molecule has 1 aliphatic rings. The predicted octanol–water partition coefficient (Wildman–Crippen LogP) is 2.01. The fourth-order valence-corrected chi connectivity index (χ4v) is 3.84. The van der Waals surface area contributed by atoms with Crippen LogP contribution >= 0.6 is 0 Å². The summed E-state index contributed by atoms with van der Waals surface area (Å²) >= 11 is 0.